The second kappa shape index (κ2) is 15.1. The van der Waals surface area contributed by atoms with Gasteiger partial charge >= 0.3 is 6.18 Å². The lowest BCUT2D eigenvalue weighted by Crippen LogP contribution is -2.36. The molecule has 284 valence electrons. The number of aliphatic hydroxyl groups excluding tert-OH is 3. The standard InChI is InChI=1S/C38H46F6N4O4/c1-36(2)15-28-31(29(51)16-36)30(23-7-11-37(40,41)12-8-23)32(33(39)24-3-5-26(6-4-24)38(42,43)44)34(47-28)25-9-13-48(14-10-25)35-45-17-27(18-46-35)52-21-22(19-49)20-50/h3-6,17-18,22-23,25,29,33,49-51H,7-16,19-21H2,1-2H3. The number of benzene rings is 1. The second-order valence-electron chi connectivity index (χ2n) is 15.4. The molecule has 2 unspecified atom stereocenters. The molecule has 52 heavy (non-hydrogen) atoms. The van der Waals surface area contributed by atoms with Crippen LogP contribution in [0.1, 0.15) is 122 Å². The highest BCUT2D eigenvalue weighted by Gasteiger charge is 2.44. The number of halogens is 6. The Morgan fingerprint density at radius 3 is 2.12 bits per heavy atom. The predicted molar refractivity (Wildman–Crippen MR) is 181 cm³/mol. The van der Waals surface area contributed by atoms with Crippen molar-refractivity contribution in [3.05, 3.63) is 75.9 Å². The minimum Gasteiger partial charge on any atom is -0.490 e. The summed E-state index contributed by atoms with van der Waals surface area (Å²) in [6, 6.07) is 3.93. The van der Waals surface area contributed by atoms with Crippen molar-refractivity contribution >= 4 is 5.95 Å². The fourth-order valence-electron chi connectivity index (χ4n) is 7.99. The maximum absolute atomic E-state index is 17.2. The van der Waals surface area contributed by atoms with Gasteiger partial charge in [0.1, 0.15) is 0 Å². The molecule has 1 saturated carbocycles. The predicted octanol–water partition coefficient (Wildman–Crippen LogP) is 7.61. The Morgan fingerprint density at radius 1 is 0.923 bits per heavy atom. The summed E-state index contributed by atoms with van der Waals surface area (Å²) in [4.78, 5) is 15.9. The van der Waals surface area contributed by atoms with Crippen LogP contribution in [0.15, 0.2) is 36.7 Å². The highest BCUT2D eigenvalue weighted by atomic mass is 19.4. The van der Waals surface area contributed by atoms with E-state index in [2.05, 4.69) is 9.97 Å². The van der Waals surface area contributed by atoms with E-state index < -0.39 is 41.8 Å². The van der Waals surface area contributed by atoms with Crippen molar-refractivity contribution in [2.45, 2.75) is 101 Å². The van der Waals surface area contributed by atoms with Crippen LogP contribution in [0.5, 0.6) is 5.75 Å². The number of aromatic nitrogens is 3. The number of pyridine rings is 1. The fraction of sp³-hybridized carbons (Fsp3) is 0.605. The van der Waals surface area contributed by atoms with E-state index in [1.165, 1.54) is 12.4 Å². The van der Waals surface area contributed by atoms with E-state index in [1.807, 2.05) is 18.7 Å². The van der Waals surface area contributed by atoms with Gasteiger partial charge in [-0.3, -0.25) is 4.98 Å². The molecule has 14 heteroatoms. The first-order chi connectivity index (χ1) is 24.6. The third-order valence-electron chi connectivity index (χ3n) is 10.8. The molecule has 8 nitrogen and oxygen atoms in total. The van der Waals surface area contributed by atoms with Gasteiger partial charge < -0.3 is 25.0 Å². The highest BCUT2D eigenvalue weighted by molar-refractivity contribution is 5.51. The maximum Gasteiger partial charge on any atom is 0.416 e. The lowest BCUT2D eigenvalue weighted by molar-refractivity contribution is -0.137. The zero-order chi connectivity index (χ0) is 37.4. The number of nitrogens with zero attached hydrogens (tertiary/aromatic N) is 4. The number of hydrogen-bond donors (Lipinski definition) is 3. The molecule has 0 bridgehead atoms. The van der Waals surface area contributed by atoms with Crippen LogP contribution in [0.2, 0.25) is 0 Å². The van der Waals surface area contributed by atoms with Crippen LogP contribution in [0.25, 0.3) is 0 Å². The van der Waals surface area contributed by atoms with Gasteiger partial charge in [0.05, 0.1) is 49.6 Å². The third-order valence-corrected chi connectivity index (χ3v) is 10.8. The van der Waals surface area contributed by atoms with Crippen LogP contribution in [0.3, 0.4) is 0 Å². The summed E-state index contributed by atoms with van der Waals surface area (Å²) >= 11 is 0. The first-order valence-corrected chi connectivity index (χ1v) is 17.9. The topological polar surface area (TPSA) is 112 Å². The Kier molecular flexibility index (Phi) is 11.1. The molecule has 3 aliphatic rings. The molecule has 3 aromatic rings. The first kappa shape index (κ1) is 38.2. The van der Waals surface area contributed by atoms with Gasteiger partial charge in [0, 0.05) is 54.6 Å². The number of aliphatic hydroxyl groups is 3. The molecule has 1 aromatic carbocycles. The van der Waals surface area contributed by atoms with Crippen molar-refractivity contribution in [3.63, 3.8) is 0 Å². The molecule has 6 rings (SSSR count). The van der Waals surface area contributed by atoms with Gasteiger partial charge in [-0.2, -0.15) is 13.2 Å². The van der Waals surface area contributed by atoms with Crippen LogP contribution in [0, 0.1) is 11.3 Å². The zero-order valence-electron chi connectivity index (χ0n) is 29.3. The minimum atomic E-state index is -4.60. The lowest BCUT2D eigenvalue weighted by atomic mass is 9.68. The summed E-state index contributed by atoms with van der Waals surface area (Å²) in [7, 11) is 0. The summed E-state index contributed by atoms with van der Waals surface area (Å²) in [5.41, 5.74) is 1.03. The Labute approximate surface area is 299 Å². The molecule has 1 aliphatic heterocycles. The van der Waals surface area contributed by atoms with Crippen LogP contribution in [-0.4, -0.2) is 69.1 Å². The Bertz CT molecular complexity index is 1670. The Morgan fingerprint density at radius 2 is 1.54 bits per heavy atom. The second-order valence-corrected chi connectivity index (χ2v) is 15.4. The molecule has 0 spiro atoms. The summed E-state index contributed by atoms with van der Waals surface area (Å²) in [5.74, 6) is -3.20. The number of ether oxygens (including phenoxy) is 1. The van der Waals surface area contributed by atoms with Gasteiger partial charge in [0.15, 0.2) is 11.9 Å². The van der Waals surface area contributed by atoms with Crippen molar-refractivity contribution in [1.82, 2.24) is 15.0 Å². The number of hydrogen-bond acceptors (Lipinski definition) is 8. The minimum absolute atomic E-state index is 0.00135. The van der Waals surface area contributed by atoms with Crippen LogP contribution in [0.4, 0.5) is 32.3 Å². The number of anilines is 1. The molecular formula is C38H46F6N4O4. The quantitative estimate of drug-likeness (QED) is 0.183. The maximum atomic E-state index is 17.2. The average molecular weight is 737 g/mol. The van der Waals surface area contributed by atoms with Crippen molar-refractivity contribution < 1.29 is 46.4 Å². The monoisotopic (exact) mass is 736 g/mol. The van der Waals surface area contributed by atoms with E-state index in [4.69, 9.17) is 9.72 Å². The number of rotatable bonds is 10. The van der Waals surface area contributed by atoms with Crippen molar-refractivity contribution in [2.24, 2.45) is 11.3 Å². The van der Waals surface area contributed by atoms with Gasteiger partial charge in [-0.1, -0.05) is 26.0 Å². The van der Waals surface area contributed by atoms with Crippen LogP contribution in [-0.2, 0) is 12.6 Å². The van der Waals surface area contributed by atoms with E-state index in [1.54, 1.807) is 0 Å². The van der Waals surface area contributed by atoms with Gasteiger partial charge in [-0.05, 0) is 73.1 Å². The van der Waals surface area contributed by atoms with E-state index in [0.29, 0.717) is 73.0 Å². The molecule has 1 saturated heterocycles. The van der Waals surface area contributed by atoms with Crippen LogP contribution >= 0.6 is 0 Å². The highest BCUT2D eigenvalue weighted by Crippen LogP contribution is 2.52. The molecule has 2 aliphatic carbocycles. The summed E-state index contributed by atoms with van der Waals surface area (Å²) in [5, 5.41) is 30.2. The number of piperidine rings is 1. The normalized spacial score (nSPS) is 21.6. The summed E-state index contributed by atoms with van der Waals surface area (Å²) < 4.78 is 92.1. The van der Waals surface area contributed by atoms with Gasteiger partial charge in [-0.15, -0.1) is 0 Å². The SMILES string of the molecule is CC1(C)Cc2nc(C3CCN(c4ncc(OCC(CO)CO)cn4)CC3)c(C(F)c3ccc(C(F)(F)F)cc3)c(C3CCC(F)(F)CC3)c2C(O)C1. The Hall–Kier alpha value is -3.49. The van der Waals surface area contributed by atoms with Gasteiger partial charge in [0.2, 0.25) is 11.9 Å². The zero-order valence-corrected chi connectivity index (χ0v) is 29.3. The molecule has 2 atom stereocenters. The summed E-state index contributed by atoms with van der Waals surface area (Å²) in [6.07, 6.45) is -3.18. The van der Waals surface area contributed by atoms with Crippen molar-refractivity contribution in [1.29, 1.82) is 0 Å². The molecule has 2 aromatic heterocycles. The Balaban J connectivity index is 1.36. The number of fused-ring (bicyclic) bond motifs is 1. The van der Waals surface area contributed by atoms with E-state index in [9.17, 15) is 37.3 Å². The average Bonchev–Trinajstić information content (AvgIpc) is 3.10. The van der Waals surface area contributed by atoms with Gasteiger partial charge in [-0.25, -0.2) is 23.1 Å². The first-order valence-electron chi connectivity index (χ1n) is 17.9. The van der Waals surface area contributed by atoms with E-state index in [-0.39, 0.29) is 68.0 Å². The molecule has 0 amide bonds. The van der Waals surface area contributed by atoms with Crippen LogP contribution < -0.4 is 9.64 Å². The van der Waals surface area contributed by atoms with Gasteiger partial charge in [0.25, 0.3) is 0 Å². The van der Waals surface area contributed by atoms with Crippen molar-refractivity contribution in [2.75, 3.05) is 37.8 Å². The third kappa shape index (κ3) is 8.33. The summed E-state index contributed by atoms with van der Waals surface area (Å²) in [6.45, 7) is 4.64. The van der Waals surface area contributed by atoms with E-state index in [0.717, 1.165) is 24.3 Å². The van der Waals surface area contributed by atoms with E-state index >= 15 is 4.39 Å². The molecule has 3 N–H and O–H groups in total. The molecule has 0 radical (unpaired) electrons. The molecule has 2 fully saturated rings. The van der Waals surface area contributed by atoms with Crippen molar-refractivity contribution in [3.8, 4) is 5.75 Å². The smallest absolute Gasteiger partial charge is 0.416 e. The number of alkyl halides is 6. The lowest BCUT2D eigenvalue weighted by Gasteiger charge is -2.41. The molecule has 3 heterocycles. The fourth-order valence-corrected chi connectivity index (χ4v) is 7.99. The largest absolute Gasteiger partial charge is 0.490 e. The molecular weight excluding hydrogens is 690 g/mol.